The van der Waals surface area contributed by atoms with Crippen LogP contribution < -0.4 is 5.32 Å². The minimum absolute atomic E-state index is 0.0587. The maximum absolute atomic E-state index is 12.7. The van der Waals surface area contributed by atoms with Gasteiger partial charge in [0.2, 0.25) is 11.8 Å². The molecule has 0 spiro atoms. The molecule has 5 heteroatoms. The summed E-state index contributed by atoms with van der Waals surface area (Å²) in [7, 11) is 1.74. The predicted octanol–water partition coefficient (Wildman–Crippen LogP) is 1.95. The third-order valence-electron chi connectivity index (χ3n) is 6.63. The number of carbonyl (C=O) groups is 2. The molecule has 1 N–H and O–H groups in total. The van der Waals surface area contributed by atoms with Crippen molar-refractivity contribution >= 4 is 11.8 Å². The Bertz CT molecular complexity index is 500. The highest BCUT2D eigenvalue weighted by molar-refractivity contribution is 5.83. The fourth-order valence-corrected chi connectivity index (χ4v) is 3.99. The maximum atomic E-state index is 12.7. The molecule has 1 aliphatic heterocycles. The van der Waals surface area contributed by atoms with Gasteiger partial charge in [-0.2, -0.15) is 0 Å². The third-order valence-corrected chi connectivity index (χ3v) is 6.63. The average molecular weight is 322 g/mol. The summed E-state index contributed by atoms with van der Waals surface area (Å²) in [6.07, 6.45) is 4.71. The highest BCUT2D eigenvalue weighted by Gasteiger charge is 2.58. The molecule has 0 radical (unpaired) electrons. The number of piperidine rings is 1. The van der Waals surface area contributed by atoms with Crippen LogP contribution in [0.4, 0.5) is 0 Å². The number of nitrogens with zero attached hydrogens (tertiary/aromatic N) is 1. The Morgan fingerprint density at radius 3 is 2.39 bits per heavy atom. The number of methoxy groups -OCH3 is 1. The standard InChI is InChI=1S/C18H30N2O3/c1-17(2)14(10-18(17,3)23-4)19-15(21)13-6-5-9-20(11-13)16(22)12-7-8-12/h12-14H,5-11H2,1-4H3,(H,19,21)/t13-,14-,18+/m0/s1. The molecule has 3 aliphatic rings. The monoisotopic (exact) mass is 322 g/mol. The van der Waals surface area contributed by atoms with Gasteiger partial charge in [-0.3, -0.25) is 9.59 Å². The van der Waals surface area contributed by atoms with Crippen LogP contribution in [0.15, 0.2) is 0 Å². The Kier molecular flexibility index (Phi) is 4.20. The van der Waals surface area contributed by atoms with Crippen LogP contribution in [0.2, 0.25) is 0 Å². The Morgan fingerprint density at radius 2 is 1.83 bits per heavy atom. The van der Waals surface area contributed by atoms with Gasteiger partial charge in [0.15, 0.2) is 0 Å². The van der Waals surface area contributed by atoms with Crippen molar-refractivity contribution in [1.82, 2.24) is 10.2 Å². The normalized spacial score (nSPS) is 36.3. The number of ether oxygens (including phenoxy) is 1. The van der Waals surface area contributed by atoms with E-state index in [0.717, 1.165) is 38.6 Å². The smallest absolute Gasteiger partial charge is 0.225 e. The second kappa shape index (κ2) is 5.76. The number of carbonyl (C=O) groups excluding carboxylic acids is 2. The largest absolute Gasteiger partial charge is 0.378 e. The van der Waals surface area contributed by atoms with Gasteiger partial charge in [-0.1, -0.05) is 13.8 Å². The van der Waals surface area contributed by atoms with Crippen molar-refractivity contribution in [3.63, 3.8) is 0 Å². The molecule has 0 bridgehead atoms. The lowest BCUT2D eigenvalue weighted by Crippen LogP contribution is -2.69. The first-order chi connectivity index (χ1) is 10.8. The molecule has 3 rings (SSSR count). The average Bonchev–Trinajstić information content (AvgIpc) is 3.38. The topological polar surface area (TPSA) is 58.6 Å². The zero-order valence-electron chi connectivity index (χ0n) is 14.9. The van der Waals surface area contributed by atoms with Crippen LogP contribution in [0.1, 0.15) is 52.9 Å². The fourth-order valence-electron chi connectivity index (χ4n) is 3.99. The minimum Gasteiger partial charge on any atom is -0.378 e. The SMILES string of the molecule is CO[C@]1(C)C[C@H](NC(=O)[C@H]2CCCN(C(=O)C3CC3)C2)C1(C)C. The lowest BCUT2D eigenvalue weighted by atomic mass is 9.55. The number of amides is 2. The molecule has 0 aromatic heterocycles. The van der Waals surface area contributed by atoms with Gasteiger partial charge < -0.3 is 15.0 Å². The van der Waals surface area contributed by atoms with Gasteiger partial charge in [-0.05, 0) is 39.0 Å². The fraction of sp³-hybridized carbons (Fsp3) is 0.889. The predicted molar refractivity (Wildman–Crippen MR) is 87.8 cm³/mol. The molecule has 3 fully saturated rings. The van der Waals surface area contributed by atoms with Gasteiger partial charge in [0.1, 0.15) is 0 Å². The van der Waals surface area contributed by atoms with Crippen molar-refractivity contribution in [2.24, 2.45) is 17.3 Å². The first kappa shape index (κ1) is 16.7. The molecule has 2 amide bonds. The summed E-state index contributed by atoms with van der Waals surface area (Å²) < 4.78 is 5.62. The summed E-state index contributed by atoms with van der Waals surface area (Å²) in [4.78, 5) is 26.8. The molecule has 0 aromatic carbocycles. The van der Waals surface area contributed by atoms with Gasteiger partial charge >= 0.3 is 0 Å². The number of likely N-dealkylation sites (tertiary alicyclic amines) is 1. The van der Waals surface area contributed by atoms with Crippen molar-refractivity contribution in [1.29, 1.82) is 0 Å². The van der Waals surface area contributed by atoms with Gasteiger partial charge in [0.05, 0.1) is 11.5 Å². The van der Waals surface area contributed by atoms with E-state index in [1.165, 1.54) is 0 Å². The van der Waals surface area contributed by atoms with E-state index in [-0.39, 0.29) is 40.7 Å². The Hall–Kier alpha value is -1.10. The van der Waals surface area contributed by atoms with Gasteiger partial charge in [0, 0.05) is 37.6 Å². The summed E-state index contributed by atoms with van der Waals surface area (Å²) in [5.74, 6) is 0.550. The van der Waals surface area contributed by atoms with Crippen LogP contribution in [0.5, 0.6) is 0 Å². The van der Waals surface area contributed by atoms with E-state index in [1.807, 2.05) is 4.90 Å². The molecule has 2 aliphatic carbocycles. The summed E-state index contributed by atoms with van der Waals surface area (Å²) in [5.41, 5.74) is -0.249. The summed E-state index contributed by atoms with van der Waals surface area (Å²) in [6, 6.07) is 0.148. The minimum atomic E-state index is -0.175. The van der Waals surface area contributed by atoms with Crippen LogP contribution in [-0.2, 0) is 14.3 Å². The molecule has 5 nitrogen and oxygen atoms in total. The van der Waals surface area contributed by atoms with Crippen LogP contribution in [0.25, 0.3) is 0 Å². The third kappa shape index (κ3) is 2.88. The van der Waals surface area contributed by atoms with Crippen LogP contribution in [-0.4, -0.2) is 48.6 Å². The second-order valence-electron chi connectivity index (χ2n) is 8.32. The number of hydrogen-bond donors (Lipinski definition) is 1. The van der Waals surface area contributed by atoms with E-state index in [9.17, 15) is 9.59 Å². The van der Waals surface area contributed by atoms with Crippen LogP contribution in [0, 0.1) is 17.3 Å². The van der Waals surface area contributed by atoms with Gasteiger partial charge in [0.25, 0.3) is 0 Å². The zero-order valence-corrected chi connectivity index (χ0v) is 14.9. The maximum Gasteiger partial charge on any atom is 0.225 e. The summed E-state index contributed by atoms with van der Waals surface area (Å²) in [5, 5.41) is 3.21. The van der Waals surface area contributed by atoms with Crippen LogP contribution >= 0.6 is 0 Å². The molecule has 1 saturated heterocycles. The Balaban J connectivity index is 1.55. The Morgan fingerprint density at radius 1 is 1.13 bits per heavy atom. The van der Waals surface area contributed by atoms with Crippen LogP contribution in [0.3, 0.4) is 0 Å². The molecule has 3 atom stereocenters. The number of rotatable bonds is 4. The van der Waals surface area contributed by atoms with Gasteiger partial charge in [-0.15, -0.1) is 0 Å². The van der Waals surface area contributed by atoms with Crippen molar-refractivity contribution in [2.45, 2.75) is 64.5 Å². The summed E-state index contributed by atoms with van der Waals surface area (Å²) in [6.45, 7) is 7.81. The molecular formula is C18H30N2O3. The summed E-state index contributed by atoms with van der Waals surface area (Å²) >= 11 is 0. The molecule has 1 heterocycles. The van der Waals surface area contributed by atoms with Crippen molar-refractivity contribution in [2.75, 3.05) is 20.2 Å². The zero-order chi connectivity index (χ0) is 16.8. The highest BCUT2D eigenvalue weighted by atomic mass is 16.5. The van der Waals surface area contributed by atoms with E-state index in [2.05, 4.69) is 26.1 Å². The van der Waals surface area contributed by atoms with E-state index in [0.29, 0.717) is 6.54 Å². The first-order valence-electron chi connectivity index (χ1n) is 8.93. The van der Waals surface area contributed by atoms with E-state index in [4.69, 9.17) is 4.74 Å². The lowest BCUT2D eigenvalue weighted by Gasteiger charge is -2.59. The van der Waals surface area contributed by atoms with E-state index < -0.39 is 0 Å². The molecule has 0 unspecified atom stereocenters. The van der Waals surface area contributed by atoms with E-state index >= 15 is 0 Å². The Labute approximate surface area is 139 Å². The lowest BCUT2D eigenvalue weighted by molar-refractivity contribution is -0.183. The number of hydrogen-bond acceptors (Lipinski definition) is 3. The van der Waals surface area contributed by atoms with Crippen molar-refractivity contribution < 1.29 is 14.3 Å². The molecule has 130 valence electrons. The van der Waals surface area contributed by atoms with Gasteiger partial charge in [-0.25, -0.2) is 0 Å². The first-order valence-corrected chi connectivity index (χ1v) is 8.93. The quantitative estimate of drug-likeness (QED) is 0.861. The molecule has 0 aromatic rings. The van der Waals surface area contributed by atoms with Crippen molar-refractivity contribution in [3.8, 4) is 0 Å². The van der Waals surface area contributed by atoms with E-state index in [1.54, 1.807) is 7.11 Å². The molecule has 23 heavy (non-hydrogen) atoms. The van der Waals surface area contributed by atoms with Crippen molar-refractivity contribution in [3.05, 3.63) is 0 Å². The highest BCUT2D eigenvalue weighted by Crippen LogP contribution is 2.51. The molecular weight excluding hydrogens is 292 g/mol. The molecule has 2 saturated carbocycles. The second-order valence-corrected chi connectivity index (χ2v) is 8.32. The number of nitrogens with one attached hydrogen (secondary N) is 1.